The van der Waals surface area contributed by atoms with Gasteiger partial charge < -0.3 is 10.2 Å². The molecule has 1 atom stereocenters. The molecule has 16 heavy (non-hydrogen) atoms. The Labute approximate surface area is 101 Å². The molecule has 1 unspecified atom stereocenters. The van der Waals surface area contributed by atoms with E-state index in [9.17, 15) is 0 Å². The molecule has 94 valence electrons. The summed E-state index contributed by atoms with van der Waals surface area (Å²) in [5.41, 5.74) is 0.399. The van der Waals surface area contributed by atoms with Crippen molar-refractivity contribution >= 4 is 0 Å². The number of nitrogens with zero attached hydrogens (tertiary/aromatic N) is 1. The Hall–Kier alpha value is -0.340. The van der Waals surface area contributed by atoms with Crippen LogP contribution in [-0.4, -0.2) is 37.6 Å². The molecule has 2 heteroatoms. The number of likely N-dealkylation sites (N-methyl/N-ethyl adjacent to an activating group) is 2. The van der Waals surface area contributed by atoms with Crippen LogP contribution in [0.4, 0.5) is 0 Å². The van der Waals surface area contributed by atoms with Crippen molar-refractivity contribution in [1.82, 2.24) is 10.2 Å². The van der Waals surface area contributed by atoms with Crippen LogP contribution in [0.2, 0.25) is 0 Å². The van der Waals surface area contributed by atoms with E-state index in [2.05, 4.69) is 37.9 Å². The zero-order valence-corrected chi connectivity index (χ0v) is 11.3. The van der Waals surface area contributed by atoms with Crippen LogP contribution in [0.1, 0.15) is 44.9 Å². The number of hydrogen-bond acceptors (Lipinski definition) is 2. The summed E-state index contributed by atoms with van der Waals surface area (Å²) in [4.78, 5) is 2.45. The zero-order valence-electron chi connectivity index (χ0n) is 11.3. The molecule has 0 saturated heterocycles. The summed E-state index contributed by atoms with van der Waals surface area (Å²) in [7, 11) is 6.59. The van der Waals surface area contributed by atoms with Crippen molar-refractivity contribution in [2.45, 2.75) is 56.5 Å². The van der Waals surface area contributed by atoms with E-state index in [4.69, 9.17) is 0 Å². The highest BCUT2D eigenvalue weighted by atomic mass is 15.2. The second-order valence-corrected chi connectivity index (χ2v) is 5.27. The molecule has 0 aromatic heterocycles. The first-order chi connectivity index (χ1) is 7.67. The summed E-state index contributed by atoms with van der Waals surface area (Å²) in [5.74, 6) is 0. The van der Waals surface area contributed by atoms with Gasteiger partial charge in [0.15, 0.2) is 0 Å². The number of unbranched alkanes of at least 4 members (excludes halogenated alkanes) is 1. The van der Waals surface area contributed by atoms with Crippen LogP contribution in [0.3, 0.4) is 0 Å². The molecule has 0 amide bonds. The highest BCUT2D eigenvalue weighted by molar-refractivity contribution is 5.01. The van der Waals surface area contributed by atoms with Crippen LogP contribution in [0, 0.1) is 0 Å². The van der Waals surface area contributed by atoms with E-state index in [1.54, 1.807) is 0 Å². The number of nitrogens with one attached hydrogen (secondary N) is 1. The largest absolute Gasteiger partial charge is 0.315 e. The van der Waals surface area contributed by atoms with Crippen molar-refractivity contribution in [2.75, 3.05) is 21.1 Å². The summed E-state index contributed by atoms with van der Waals surface area (Å²) in [6, 6.07) is 0.630. The van der Waals surface area contributed by atoms with Crippen molar-refractivity contribution in [1.29, 1.82) is 0 Å². The van der Waals surface area contributed by atoms with Gasteiger partial charge in [-0.3, -0.25) is 0 Å². The Kier molecular flexibility index (Phi) is 5.50. The molecule has 1 saturated carbocycles. The van der Waals surface area contributed by atoms with E-state index in [1.165, 1.54) is 38.5 Å². The van der Waals surface area contributed by atoms with E-state index in [1.807, 2.05) is 6.08 Å². The third-order valence-corrected chi connectivity index (χ3v) is 4.26. The molecule has 2 nitrogen and oxygen atoms in total. The molecule has 0 aliphatic heterocycles. The average molecular weight is 224 g/mol. The Morgan fingerprint density at radius 1 is 1.38 bits per heavy atom. The SMILES string of the molecule is C=CCCCC(NC)C1(N(C)C)CCCC1. The van der Waals surface area contributed by atoms with E-state index < -0.39 is 0 Å². The third-order valence-electron chi connectivity index (χ3n) is 4.26. The van der Waals surface area contributed by atoms with Gasteiger partial charge in [-0.05, 0) is 53.2 Å². The molecule has 0 radical (unpaired) electrons. The second kappa shape index (κ2) is 6.41. The maximum Gasteiger partial charge on any atom is 0.0356 e. The molecule has 0 aromatic rings. The lowest BCUT2D eigenvalue weighted by Crippen LogP contribution is -2.56. The zero-order chi connectivity index (χ0) is 12.0. The van der Waals surface area contributed by atoms with Crippen molar-refractivity contribution in [3.8, 4) is 0 Å². The smallest absolute Gasteiger partial charge is 0.0356 e. The van der Waals surface area contributed by atoms with Crippen molar-refractivity contribution in [3.63, 3.8) is 0 Å². The first kappa shape index (κ1) is 13.7. The predicted molar refractivity (Wildman–Crippen MR) is 71.8 cm³/mol. The van der Waals surface area contributed by atoms with Crippen molar-refractivity contribution in [3.05, 3.63) is 12.7 Å². The topological polar surface area (TPSA) is 15.3 Å². The second-order valence-electron chi connectivity index (χ2n) is 5.27. The molecule has 0 aromatic carbocycles. The number of rotatable bonds is 7. The van der Waals surface area contributed by atoms with Gasteiger partial charge in [0.25, 0.3) is 0 Å². The van der Waals surface area contributed by atoms with Gasteiger partial charge in [-0.2, -0.15) is 0 Å². The quantitative estimate of drug-likeness (QED) is 0.528. The summed E-state index contributed by atoms with van der Waals surface area (Å²) in [5, 5.41) is 3.55. The Morgan fingerprint density at radius 3 is 2.44 bits per heavy atom. The fraction of sp³-hybridized carbons (Fsp3) is 0.857. The lowest BCUT2D eigenvalue weighted by Gasteiger charge is -2.43. The van der Waals surface area contributed by atoms with Gasteiger partial charge in [0.05, 0.1) is 0 Å². The van der Waals surface area contributed by atoms with Gasteiger partial charge in [0.2, 0.25) is 0 Å². The normalized spacial score (nSPS) is 21.2. The molecular formula is C14H28N2. The first-order valence-corrected chi connectivity index (χ1v) is 6.63. The highest BCUT2D eigenvalue weighted by Gasteiger charge is 2.41. The molecule has 1 aliphatic carbocycles. The molecular weight excluding hydrogens is 196 g/mol. The highest BCUT2D eigenvalue weighted by Crippen LogP contribution is 2.38. The molecule has 1 N–H and O–H groups in total. The van der Waals surface area contributed by atoms with Crippen LogP contribution in [0.25, 0.3) is 0 Å². The Bertz CT molecular complexity index is 205. The minimum atomic E-state index is 0.399. The molecule has 1 fully saturated rings. The van der Waals surface area contributed by atoms with Gasteiger partial charge in [0, 0.05) is 11.6 Å². The Balaban J connectivity index is 2.62. The average Bonchev–Trinajstić information content (AvgIpc) is 2.74. The maximum atomic E-state index is 3.80. The van der Waals surface area contributed by atoms with E-state index in [0.717, 1.165) is 6.42 Å². The van der Waals surface area contributed by atoms with Gasteiger partial charge in [-0.15, -0.1) is 6.58 Å². The van der Waals surface area contributed by atoms with E-state index in [0.29, 0.717) is 11.6 Å². The lowest BCUT2D eigenvalue weighted by atomic mass is 9.84. The monoisotopic (exact) mass is 224 g/mol. The minimum Gasteiger partial charge on any atom is -0.315 e. The molecule has 0 bridgehead atoms. The maximum absolute atomic E-state index is 3.80. The number of allylic oxidation sites excluding steroid dienone is 1. The third kappa shape index (κ3) is 2.86. The van der Waals surface area contributed by atoms with E-state index in [-0.39, 0.29) is 0 Å². The summed E-state index contributed by atoms with van der Waals surface area (Å²) in [6.45, 7) is 3.80. The van der Waals surface area contributed by atoms with Gasteiger partial charge in [-0.1, -0.05) is 18.9 Å². The minimum absolute atomic E-state index is 0.399. The summed E-state index contributed by atoms with van der Waals surface area (Å²) < 4.78 is 0. The first-order valence-electron chi connectivity index (χ1n) is 6.63. The van der Waals surface area contributed by atoms with Crippen molar-refractivity contribution in [2.24, 2.45) is 0 Å². The van der Waals surface area contributed by atoms with Crippen LogP contribution < -0.4 is 5.32 Å². The van der Waals surface area contributed by atoms with Gasteiger partial charge in [-0.25, -0.2) is 0 Å². The molecule has 1 rings (SSSR count). The molecule has 0 spiro atoms. The van der Waals surface area contributed by atoms with Crippen molar-refractivity contribution < 1.29 is 0 Å². The van der Waals surface area contributed by atoms with E-state index >= 15 is 0 Å². The summed E-state index contributed by atoms with van der Waals surface area (Å²) >= 11 is 0. The number of hydrogen-bond donors (Lipinski definition) is 1. The fourth-order valence-electron chi connectivity index (χ4n) is 3.24. The standard InChI is InChI=1S/C14H28N2/c1-5-6-7-10-13(15-2)14(16(3)4)11-8-9-12-14/h5,13,15H,1,6-12H2,2-4H3. The summed E-state index contributed by atoms with van der Waals surface area (Å²) in [6.07, 6.45) is 11.2. The molecule has 0 heterocycles. The lowest BCUT2D eigenvalue weighted by molar-refractivity contribution is 0.103. The van der Waals surface area contributed by atoms with Crippen LogP contribution in [0.15, 0.2) is 12.7 Å². The predicted octanol–water partition coefficient (Wildman–Crippen LogP) is 2.81. The van der Waals surface area contributed by atoms with Crippen LogP contribution in [-0.2, 0) is 0 Å². The van der Waals surface area contributed by atoms with Gasteiger partial charge in [0.1, 0.15) is 0 Å². The fourth-order valence-corrected chi connectivity index (χ4v) is 3.24. The van der Waals surface area contributed by atoms with Crippen LogP contribution >= 0.6 is 0 Å². The Morgan fingerprint density at radius 2 is 2.00 bits per heavy atom. The molecule has 1 aliphatic rings. The van der Waals surface area contributed by atoms with Gasteiger partial charge >= 0.3 is 0 Å². The van der Waals surface area contributed by atoms with Crippen LogP contribution in [0.5, 0.6) is 0 Å².